The first-order valence-corrected chi connectivity index (χ1v) is 18.0. The van der Waals surface area contributed by atoms with Crippen molar-refractivity contribution >= 4 is 49.9 Å². The molecule has 4 nitrogen and oxygen atoms in total. The third kappa shape index (κ3) is 5.36. The summed E-state index contributed by atoms with van der Waals surface area (Å²) >= 11 is 0. The Morgan fingerprint density at radius 2 is 0.868 bits per heavy atom. The monoisotopic (exact) mass is 678 g/mol. The maximum Gasteiger partial charge on any atom is 0.145 e. The quantitative estimate of drug-likeness (QED) is 0.168. The van der Waals surface area contributed by atoms with Crippen molar-refractivity contribution in [2.45, 2.75) is 0 Å². The van der Waals surface area contributed by atoms with Gasteiger partial charge in [-0.15, -0.1) is 0 Å². The van der Waals surface area contributed by atoms with Crippen LogP contribution in [-0.4, -0.2) is 14.1 Å². The number of aromatic nitrogens is 3. The highest BCUT2D eigenvalue weighted by atomic mass is 15.1. The molecule has 4 heteroatoms. The lowest BCUT2D eigenvalue weighted by Gasteiger charge is -2.26. The second-order valence-electron chi connectivity index (χ2n) is 13.3. The van der Waals surface area contributed by atoms with Gasteiger partial charge in [-0.1, -0.05) is 109 Å². The minimum Gasteiger partial charge on any atom is -0.310 e. The highest BCUT2D eigenvalue weighted by molar-refractivity contribution is 6.09. The summed E-state index contributed by atoms with van der Waals surface area (Å²) in [5.74, 6) is 0.914. The van der Waals surface area contributed by atoms with E-state index in [9.17, 15) is 0 Å². The Morgan fingerprint density at radius 1 is 0.340 bits per heavy atom. The molecular weight excluding hydrogens is 645 g/mol. The molecule has 0 atom stereocenters. The number of hydrogen-bond acceptors (Lipinski definition) is 2. The SMILES string of the molecule is c1ccc(-c2cccc(N(c3ccc(-c4nc5ccccc5n4-c4ccccc4)cc3)c3ccc(-n4c5ccccc5c5ccccc54)cc3)c2)cc1. The van der Waals surface area contributed by atoms with E-state index in [1.807, 2.05) is 12.1 Å². The normalized spacial score (nSPS) is 11.4. The predicted molar refractivity (Wildman–Crippen MR) is 221 cm³/mol. The third-order valence-corrected chi connectivity index (χ3v) is 10.1. The summed E-state index contributed by atoms with van der Waals surface area (Å²) in [5, 5.41) is 2.51. The second-order valence-corrected chi connectivity index (χ2v) is 13.3. The van der Waals surface area contributed by atoms with E-state index >= 15 is 0 Å². The summed E-state index contributed by atoms with van der Waals surface area (Å²) in [5.41, 5.74) is 13.3. The van der Waals surface area contributed by atoms with Crippen molar-refractivity contribution in [2.24, 2.45) is 0 Å². The Labute approximate surface area is 308 Å². The van der Waals surface area contributed by atoms with E-state index in [2.05, 4.69) is 208 Å². The predicted octanol–water partition coefficient (Wildman–Crippen LogP) is 12.9. The van der Waals surface area contributed by atoms with Gasteiger partial charge in [0.15, 0.2) is 0 Å². The van der Waals surface area contributed by atoms with Crippen LogP contribution in [0.2, 0.25) is 0 Å². The topological polar surface area (TPSA) is 26.0 Å². The molecule has 250 valence electrons. The van der Waals surface area contributed by atoms with Crippen molar-refractivity contribution in [3.63, 3.8) is 0 Å². The molecule has 0 aliphatic carbocycles. The summed E-state index contributed by atoms with van der Waals surface area (Å²) in [6, 6.07) is 73.2. The molecule has 0 spiro atoms. The molecule has 0 radical (unpaired) electrons. The molecule has 0 aliphatic heterocycles. The molecule has 0 fully saturated rings. The maximum absolute atomic E-state index is 5.12. The van der Waals surface area contributed by atoms with Crippen LogP contribution in [0.1, 0.15) is 0 Å². The Bertz CT molecular complexity index is 2810. The number of para-hydroxylation sites is 5. The van der Waals surface area contributed by atoms with Gasteiger partial charge in [-0.05, 0) is 108 Å². The van der Waals surface area contributed by atoms with Gasteiger partial charge in [0.25, 0.3) is 0 Å². The molecular formula is C49H34N4. The smallest absolute Gasteiger partial charge is 0.145 e. The van der Waals surface area contributed by atoms with Crippen molar-refractivity contribution in [3.8, 4) is 33.9 Å². The molecule has 2 aromatic heterocycles. The van der Waals surface area contributed by atoms with Crippen molar-refractivity contribution < 1.29 is 0 Å². The molecule has 0 bridgehead atoms. The zero-order valence-electron chi connectivity index (χ0n) is 28.9. The summed E-state index contributed by atoms with van der Waals surface area (Å²) in [4.78, 5) is 7.46. The summed E-state index contributed by atoms with van der Waals surface area (Å²) < 4.78 is 4.61. The van der Waals surface area contributed by atoms with Gasteiger partial charge < -0.3 is 9.47 Å². The fraction of sp³-hybridized carbons (Fsp3) is 0. The molecule has 10 rings (SSSR count). The number of nitrogens with zero attached hydrogens (tertiary/aromatic N) is 4. The van der Waals surface area contributed by atoms with Gasteiger partial charge in [-0.3, -0.25) is 4.57 Å². The average molecular weight is 679 g/mol. The number of benzene rings is 8. The number of rotatable bonds is 7. The van der Waals surface area contributed by atoms with Crippen molar-refractivity contribution in [1.29, 1.82) is 0 Å². The third-order valence-electron chi connectivity index (χ3n) is 10.1. The van der Waals surface area contributed by atoms with E-state index in [4.69, 9.17) is 4.98 Å². The number of imidazole rings is 1. The van der Waals surface area contributed by atoms with E-state index in [1.165, 1.54) is 32.9 Å². The first-order chi connectivity index (χ1) is 26.3. The lowest BCUT2D eigenvalue weighted by molar-refractivity contribution is 1.10. The van der Waals surface area contributed by atoms with Crippen LogP contribution in [-0.2, 0) is 0 Å². The summed E-state index contributed by atoms with van der Waals surface area (Å²) in [6.45, 7) is 0. The fourth-order valence-corrected chi connectivity index (χ4v) is 7.67. The van der Waals surface area contributed by atoms with E-state index < -0.39 is 0 Å². The van der Waals surface area contributed by atoms with Crippen LogP contribution in [0.25, 0.3) is 66.7 Å². The molecule has 0 aliphatic rings. The molecule has 0 unspecified atom stereocenters. The largest absolute Gasteiger partial charge is 0.310 e. The fourth-order valence-electron chi connectivity index (χ4n) is 7.67. The zero-order valence-corrected chi connectivity index (χ0v) is 28.9. The lowest BCUT2D eigenvalue weighted by atomic mass is 10.0. The zero-order chi connectivity index (χ0) is 35.1. The molecule has 8 aromatic carbocycles. The molecule has 0 saturated carbocycles. The van der Waals surface area contributed by atoms with Crippen LogP contribution >= 0.6 is 0 Å². The molecule has 0 saturated heterocycles. The van der Waals surface area contributed by atoms with Gasteiger partial charge in [0, 0.05) is 44.8 Å². The maximum atomic E-state index is 5.12. The molecule has 2 heterocycles. The molecule has 0 amide bonds. The minimum atomic E-state index is 0.914. The van der Waals surface area contributed by atoms with Crippen LogP contribution in [0, 0.1) is 0 Å². The van der Waals surface area contributed by atoms with Gasteiger partial charge in [0.2, 0.25) is 0 Å². The lowest BCUT2D eigenvalue weighted by Crippen LogP contribution is -2.10. The summed E-state index contributed by atoms with van der Waals surface area (Å²) in [7, 11) is 0. The van der Waals surface area contributed by atoms with Gasteiger partial charge in [0.05, 0.1) is 22.1 Å². The van der Waals surface area contributed by atoms with E-state index in [1.54, 1.807) is 0 Å². The van der Waals surface area contributed by atoms with E-state index in [0.29, 0.717) is 0 Å². The van der Waals surface area contributed by atoms with Gasteiger partial charge in [-0.2, -0.15) is 0 Å². The first kappa shape index (κ1) is 30.6. The molecule has 0 N–H and O–H groups in total. The molecule has 10 aromatic rings. The van der Waals surface area contributed by atoms with Gasteiger partial charge in [0.1, 0.15) is 5.82 Å². The van der Waals surface area contributed by atoms with Crippen LogP contribution < -0.4 is 4.90 Å². The van der Waals surface area contributed by atoms with Crippen LogP contribution in [0.3, 0.4) is 0 Å². The number of fused-ring (bicyclic) bond motifs is 4. The molecule has 53 heavy (non-hydrogen) atoms. The highest BCUT2D eigenvalue weighted by Crippen LogP contribution is 2.39. The second kappa shape index (κ2) is 12.9. The van der Waals surface area contributed by atoms with Crippen LogP contribution in [0.15, 0.2) is 206 Å². The Morgan fingerprint density at radius 3 is 1.55 bits per heavy atom. The van der Waals surface area contributed by atoms with Crippen molar-refractivity contribution in [2.75, 3.05) is 4.90 Å². The van der Waals surface area contributed by atoms with Crippen molar-refractivity contribution in [1.82, 2.24) is 14.1 Å². The number of anilines is 3. The van der Waals surface area contributed by atoms with Gasteiger partial charge in [-0.25, -0.2) is 4.98 Å². The van der Waals surface area contributed by atoms with E-state index in [-0.39, 0.29) is 0 Å². The number of hydrogen-bond donors (Lipinski definition) is 0. The first-order valence-electron chi connectivity index (χ1n) is 18.0. The van der Waals surface area contributed by atoms with Crippen molar-refractivity contribution in [3.05, 3.63) is 206 Å². The van der Waals surface area contributed by atoms with Gasteiger partial charge >= 0.3 is 0 Å². The Kier molecular flexibility index (Phi) is 7.43. The minimum absolute atomic E-state index is 0.914. The van der Waals surface area contributed by atoms with Crippen LogP contribution in [0.4, 0.5) is 17.1 Å². The average Bonchev–Trinajstić information content (AvgIpc) is 3.79. The highest BCUT2D eigenvalue weighted by Gasteiger charge is 2.18. The standard InChI is InChI=1S/C49H34N4/c1-3-14-35(15-4-1)37-16-13-19-42(34-37)51(40-30-32-41(33-31-40)52-46-23-10-7-20-43(46)44-21-8-11-24-47(44)52)39-28-26-36(27-29-39)49-50-45-22-9-12-25-48(45)53(49)38-17-5-2-6-18-38/h1-34H. The van der Waals surface area contributed by atoms with Crippen LogP contribution in [0.5, 0.6) is 0 Å². The van der Waals surface area contributed by atoms with E-state index in [0.717, 1.165) is 50.9 Å². The summed E-state index contributed by atoms with van der Waals surface area (Å²) in [6.07, 6.45) is 0. The Balaban J connectivity index is 1.10. The Hall–Kier alpha value is -7.17.